The zero-order chi connectivity index (χ0) is 21.6. The minimum atomic E-state index is -0.323. The van der Waals surface area contributed by atoms with Crippen LogP contribution >= 0.6 is 15.9 Å². The van der Waals surface area contributed by atoms with E-state index in [1.54, 1.807) is 0 Å². The van der Waals surface area contributed by atoms with Gasteiger partial charge in [-0.3, -0.25) is 0 Å². The van der Waals surface area contributed by atoms with E-state index in [1.807, 2.05) is 0 Å². The van der Waals surface area contributed by atoms with Crippen molar-refractivity contribution in [2.45, 2.75) is 26.0 Å². The molecule has 0 spiro atoms. The summed E-state index contributed by atoms with van der Waals surface area (Å²) in [4.78, 5) is 0. The van der Waals surface area contributed by atoms with Crippen molar-refractivity contribution in [2.75, 3.05) is 0 Å². The molecule has 0 aliphatic heterocycles. The summed E-state index contributed by atoms with van der Waals surface area (Å²) < 4.78 is 1.13. The fraction of sp³-hybridized carbons (Fsp3) is 0.143. The van der Waals surface area contributed by atoms with Crippen LogP contribution in [0.2, 0.25) is 13.6 Å². The van der Waals surface area contributed by atoms with Crippen LogP contribution in [-0.4, -0.2) is 14.6 Å². The molecule has 0 N–H and O–H groups in total. The number of benzene rings is 4. The summed E-state index contributed by atoms with van der Waals surface area (Å²) >= 11 is 3.79. The lowest BCUT2D eigenvalue weighted by Crippen LogP contribution is -2.33. The molecule has 1 aliphatic carbocycles. The van der Waals surface area contributed by atoms with E-state index in [-0.39, 0.29) is 5.41 Å². The molecular weight excluding hydrogens is 438 g/mol. The average molecular weight is 463 g/mol. The van der Waals surface area contributed by atoms with Crippen molar-refractivity contribution in [1.29, 1.82) is 0 Å². The molecule has 5 rings (SSSR count). The summed E-state index contributed by atoms with van der Waals surface area (Å²) in [5.41, 5.74) is 11.9. The highest BCUT2D eigenvalue weighted by Gasteiger charge is 2.46. The summed E-state index contributed by atoms with van der Waals surface area (Å²) in [6.07, 6.45) is 0. The number of hydrogen-bond acceptors (Lipinski definition) is 0. The molecule has 4 aromatic rings. The highest BCUT2D eigenvalue weighted by atomic mass is 79.9. The zero-order valence-corrected chi connectivity index (χ0v) is 20.0. The molecule has 0 unspecified atom stereocenters. The van der Waals surface area contributed by atoms with E-state index >= 15 is 0 Å². The normalized spacial score (nSPS) is 13.4. The minimum Gasteiger partial charge on any atom is -0.0850 e. The average Bonchev–Trinajstić information content (AvgIpc) is 3.09. The number of rotatable bonds is 4. The van der Waals surface area contributed by atoms with Gasteiger partial charge in [0.1, 0.15) is 0 Å². The van der Waals surface area contributed by atoms with Crippen LogP contribution in [0.3, 0.4) is 0 Å². The Labute approximate surface area is 195 Å². The van der Waals surface area contributed by atoms with E-state index in [1.165, 1.54) is 49.9 Å². The Hall–Kier alpha value is -2.51. The largest absolute Gasteiger partial charge is 0.154 e. The fourth-order valence-corrected chi connectivity index (χ4v) is 5.97. The monoisotopic (exact) mass is 462 g/mol. The molecule has 150 valence electrons. The predicted molar refractivity (Wildman–Crippen MR) is 141 cm³/mol. The van der Waals surface area contributed by atoms with Crippen molar-refractivity contribution in [3.63, 3.8) is 0 Å². The molecule has 0 fully saturated rings. The molecule has 0 aromatic heterocycles. The molecule has 0 heterocycles. The van der Waals surface area contributed by atoms with Crippen LogP contribution in [0.5, 0.6) is 0 Å². The predicted octanol–water partition coefficient (Wildman–Crippen LogP) is 5.34. The Morgan fingerprint density at radius 1 is 0.645 bits per heavy atom. The highest BCUT2D eigenvalue weighted by molar-refractivity contribution is 9.10. The van der Waals surface area contributed by atoms with Gasteiger partial charge in [-0.25, -0.2) is 0 Å². The second kappa shape index (κ2) is 7.88. The fourth-order valence-electron chi connectivity index (χ4n) is 5.36. The van der Waals surface area contributed by atoms with Gasteiger partial charge in [0.2, 0.25) is 0 Å². The maximum Gasteiger partial charge on any atom is 0.154 e. The molecule has 0 saturated heterocycles. The second-order valence-corrected chi connectivity index (χ2v) is 9.52. The SMILES string of the molecule is CBc1cc(BC)cc(C2(c3cc(C)cc(Br)c3)c3ccccc3-c3ccccc32)c1. The smallest absolute Gasteiger partial charge is 0.0850 e. The Bertz CT molecular complexity index is 1200. The maximum atomic E-state index is 3.79. The molecule has 4 aromatic carbocycles. The van der Waals surface area contributed by atoms with Crippen molar-refractivity contribution in [3.05, 3.63) is 117 Å². The van der Waals surface area contributed by atoms with Crippen LogP contribution < -0.4 is 10.9 Å². The van der Waals surface area contributed by atoms with Crippen LogP contribution in [0.15, 0.2) is 89.4 Å². The third kappa shape index (κ3) is 3.13. The first-order valence-electron chi connectivity index (χ1n) is 11.2. The van der Waals surface area contributed by atoms with Gasteiger partial charge in [0.25, 0.3) is 0 Å². The topological polar surface area (TPSA) is 0 Å². The first kappa shape index (κ1) is 20.4. The number of halogens is 1. The molecule has 31 heavy (non-hydrogen) atoms. The minimum absolute atomic E-state index is 0.323. The molecule has 0 bridgehead atoms. The van der Waals surface area contributed by atoms with Crippen molar-refractivity contribution in [3.8, 4) is 11.1 Å². The standard InChI is InChI=1S/C28H25B2Br/c1-18-12-19(16-23(31)13-18)28(20-14-21(29-2)17-22(15-20)30-3)26-10-6-4-8-24(26)25-9-5-7-11-27(25)28/h4-17,29-30H,1-3H3. The third-order valence-corrected chi connectivity index (χ3v) is 7.19. The van der Waals surface area contributed by atoms with Crippen molar-refractivity contribution < 1.29 is 0 Å². The van der Waals surface area contributed by atoms with Crippen LogP contribution in [0.4, 0.5) is 0 Å². The molecular formula is C28H25B2Br. The maximum absolute atomic E-state index is 3.79. The van der Waals surface area contributed by atoms with Gasteiger partial charge >= 0.3 is 0 Å². The van der Waals surface area contributed by atoms with Gasteiger partial charge in [-0.05, 0) is 58.0 Å². The number of aryl methyl sites for hydroxylation is 1. The van der Waals surface area contributed by atoms with Gasteiger partial charge < -0.3 is 0 Å². The molecule has 1 aliphatic rings. The van der Waals surface area contributed by atoms with Crippen LogP contribution in [0.1, 0.15) is 27.8 Å². The van der Waals surface area contributed by atoms with E-state index in [0.29, 0.717) is 0 Å². The first-order valence-corrected chi connectivity index (χ1v) is 12.0. The van der Waals surface area contributed by atoms with E-state index in [0.717, 1.165) is 19.0 Å². The lowest BCUT2D eigenvalue weighted by molar-refractivity contribution is 0.768. The lowest BCUT2D eigenvalue weighted by atomic mass is 9.61. The van der Waals surface area contributed by atoms with E-state index in [9.17, 15) is 0 Å². The van der Waals surface area contributed by atoms with Crippen molar-refractivity contribution in [2.24, 2.45) is 0 Å². The van der Waals surface area contributed by atoms with E-state index in [2.05, 4.69) is 121 Å². The molecule has 0 nitrogen and oxygen atoms in total. The molecule has 3 heteroatoms. The number of hydrogen-bond donors (Lipinski definition) is 0. The summed E-state index contributed by atoms with van der Waals surface area (Å²) in [6, 6.07) is 32.1. The summed E-state index contributed by atoms with van der Waals surface area (Å²) in [7, 11) is 2.08. The van der Waals surface area contributed by atoms with E-state index < -0.39 is 0 Å². The van der Waals surface area contributed by atoms with Crippen molar-refractivity contribution >= 4 is 41.4 Å². The molecule has 0 atom stereocenters. The first-order chi connectivity index (χ1) is 15.1. The van der Waals surface area contributed by atoms with E-state index in [4.69, 9.17) is 0 Å². The van der Waals surface area contributed by atoms with Crippen molar-refractivity contribution in [1.82, 2.24) is 0 Å². The number of fused-ring (bicyclic) bond motifs is 3. The van der Waals surface area contributed by atoms with Gasteiger partial charge in [-0.2, -0.15) is 0 Å². The highest BCUT2D eigenvalue weighted by Crippen LogP contribution is 2.56. The quantitative estimate of drug-likeness (QED) is 0.316. The van der Waals surface area contributed by atoms with Crippen LogP contribution in [0, 0.1) is 6.92 Å². The third-order valence-electron chi connectivity index (χ3n) is 6.73. The van der Waals surface area contributed by atoms with Gasteiger partial charge in [-0.15, -0.1) is 0 Å². The Morgan fingerprint density at radius 2 is 1.16 bits per heavy atom. The van der Waals surface area contributed by atoms with Gasteiger partial charge in [0, 0.05) is 4.47 Å². The molecule has 0 saturated carbocycles. The second-order valence-electron chi connectivity index (χ2n) is 8.60. The lowest BCUT2D eigenvalue weighted by Gasteiger charge is -2.35. The summed E-state index contributed by atoms with van der Waals surface area (Å²) in [6.45, 7) is 6.70. The molecule has 0 radical (unpaired) electrons. The van der Waals surface area contributed by atoms with Crippen LogP contribution in [0.25, 0.3) is 11.1 Å². The summed E-state index contributed by atoms with van der Waals surface area (Å²) in [5.74, 6) is 0. The van der Waals surface area contributed by atoms with Gasteiger partial charge in [-0.1, -0.05) is 113 Å². The Kier molecular flexibility index (Phi) is 5.18. The van der Waals surface area contributed by atoms with Crippen LogP contribution in [-0.2, 0) is 5.41 Å². The van der Waals surface area contributed by atoms with Gasteiger partial charge in [0.05, 0.1) is 5.41 Å². The summed E-state index contributed by atoms with van der Waals surface area (Å²) in [5, 5.41) is 0. The van der Waals surface area contributed by atoms with Gasteiger partial charge in [0.15, 0.2) is 14.6 Å². The zero-order valence-electron chi connectivity index (χ0n) is 18.4. The Morgan fingerprint density at radius 3 is 1.68 bits per heavy atom. The Balaban J connectivity index is 1.98. The molecule has 0 amide bonds.